The van der Waals surface area contributed by atoms with E-state index in [1.165, 1.54) is 11.3 Å². The summed E-state index contributed by atoms with van der Waals surface area (Å²) >= 11 is 1.39. The maximum Gasteiger partial charge on any atom is 0.260 e. The molecule has 0 saturated carbocycles. The van der Waals surface area contributed by atoms with E-state index in [-0.39, 0.29) is 18.0 Å². The number of aromatic amines is 1. The van der Waals surface area contributed by atoms with Crippen LogP contribution in [0.15, 0.2) is 57.3 Å². The second-order valence-electron chi connectivity index (χ2n) is 6.90. The third kappa shape index (κ3) is 4.68. The molecule has 0 atom stereocenters. The van der Waals surface area contributed by atoms with E-state index in [4.69, 9.17) is 9.15 Å². The zero-order valence-electron chi connectivity index (χ0n) is 17.2. The first-order chi connectivity index (χ1) is 15.1. The van der Waals surface area contributed by atoms with Crippen molar-refractivity contribution in [1.82, 2.24) is 14.9 Å². The van der Waals surface area contributed by atoms with Crippen molar-refractivity contribution in [2.75, 3.05) is 25.5 Å². The van der Waals surface area contributed by atoms with Crippen molar-refractivity contribution in [3.63, 3.8) is 0 Å². The number of methoxy groups -OCH3 is 1. The number of rotatable bonds is 8. The van der Waals surface area contributed by atoms with Gasteiger partial charge in [-0.1, -0.05) is 6.92 Å². The van der Waals surface area contributed by atoms with Crippen LogP contribution in [0.25, 0.3) is 21.5 Å². The van der Waals surface area contributed by atoms with Gasteiger partial charge in [0, 0.05) is 16.6 Å². The fraction of sp³-hybridized carbons (Fsp3) is 0.227. The highest BCUT2D eigenvalue weighted by molar-refractivity contribution is 7.17. The third-order valence-corrected chi connectivity index (χ3v) is 5.71. The fourth-order valence-corrected chi connectivity index (χ4v) is 4.20. The molecule has 4 rings (SSSR count). The minimum absolute atomic E-state index is 0.147. The van der Waals surface area contributed by atoms with Crippen LogP contribution in [0.5, 0.6) is 5.75 Å². The Morgan fingerprint density at radius 1 is 1.29 bits per heavy atom. The number of thiophene rings is 1. The minimum atomic E-state index is -0.216. The third-order valence-electron chi connectivity index (χ3n) is 4.84. The number of furan rings is 1. The van der Waals surface area contributed by atoms with Crippen LogP contribution in [0.2, 0.25) is 0 Å². The number of ether oxygens (including phenoxy) is 1. The van der Waals surface area contributed by atoms with Gasteiger partial charge in [-0.3, -0.25) is 14.5 Å². The van der Waals surface area contributed by atoms with Gasteiger partial charge in [-0.05, 0) is 42.9 Å². The first-order valence-corrected chi connectivity index (χ1v) is 10.7. The average Bonchev–Trinajstić information content (AvgIpc) is 3.43. The van der Waals surface area contributed by atoms with Crippen LogP contribution >= 0.6 is 11.3 Å². The molecule has 0 radical (unpaired) electrons. The van der Waals surface area contributed by atoms with Crippen molar-refractivity contribution < 1.29 is 13.9 Å². The lowest BCUT2D eigenvalue weighted by Crippen LogP contribution is -2.33. The second kappa shape index (κ2) is 9.15. The number of carbonyl (C=O) groups excluding carboxylic acids is 1. The highest BCUT2D eigenvalue weighted by atomic mass is 32.1. The number of H-pyrrole nitrogens is 1. The Morgan fingerprint density at radius 2 is 2.10 bits per heavy atom. The van der Waals surface area contributed by atoms with Gasteiger partial charge in [0.2, 0.25) is 5.91 Å². The van der Waals surface area contributed by atoms with Gasteiger partial charge in [0.15, 0.2) is 0 Å². The van der Waals surface area contributed by atoms with Crippen molar-refractivity contribution >= 4 is 33.1 Å². The highest BCUT2D eigenvalue weighted by Crippen LogP contribution is 2.30. The molecule has 4 aromatic rings. The molecule has 0 bridgehead atoms. The smallest absolute Gasteiger partial charge is 0.260 e. The molecule has 0 spiro atoms. The molecule has 0 saturated heterocycles. The van der Waals surface area contributed by atoms with Crippen molar-refractivity contribution in [2.45, 2.75) is 13.5 Å². The van der Waals surface area contributed by atoms with E-state index in [9.17, 15) is 9.59 Å². The number of fused-ring (bicyclic) bond motifs is 1. The molecule has 0 aliphatic heterocycles. The average molecular weight is 439 g/mol. The topological polar surface area (TPSA) is 100 Å². The number of benzene rings is 1. The van der Waals surface area contributed by atoms with Gasteiger partial charge in [0.1, 0.15) is 22.2 Å². The standard InChI is InChI=1S/C22H22N4O4S/c1-3-26(12-19(27)23-14-6-8-15(29-2)9-7-14)11-18-24-21(28)20-16(13-31-22(20)25-18)17-5-4-10-30-17/h4-10,13H,3,11-12H2,1-2H3,(H,23,27)(H,24,25,28). The quantitative estimate of drug-likeness (QED) is 0.435. The highest BCUT2D eigenvalue weighted by Gasteiger charge is 2.17. The molecular weight excluding hydrogens is 416 g/mol. The van der Waals surface area contributed by atoms with E-state index in [1.54, 1.807) is 43.7 Å². The number of hydrogen-bond acceptors (Lipinski definition) is 7. The molecule has 3 aromatic heterocycles. The minimum Gasteiger partial charge on any atom is -0.497 e. The number of aromatic nitrogens is 2. The molecular formula is C22H22N4O4S. The molecule has 0 aliphatic rings. The summed E-state index contributed by atoms with van der Waals surface area (Å²) in [5.41, 5.74) is 1.21. The predicted octanol–water partition coefficient (Wildman–Crippen LogP) is 3.71. The predicted molar refractivity (Wildman–Crippen MR) is 121 cm³/mol. The Kier molecular flexibility index (Phi) is 6.15. The van der Waals surface area contributed by atoms with Crippen LogP contribution < -0.4 is 15.6 Å². The summed E-state index contributed by atoms with van der Waals surface area (Å²) in [6, 6.07) is 10.7. The van der Waals surface area contributed by atoms with Crippen LogP contribution in [0.1, 0.15) is 12.7 Å². The first-order valence-electron chi connectivity index (χ1n) is 9.78. The van der Waals surface area contributed by atoms with Crippen LogP contribution in [0, 0.1) is 0 Å². The monoisotopic (exact) mass is 438 g/mol. The van der Waals surface area contributed by atoms with Gasteiger partial charge in [0.05, 0.1) is 31.8 Å². The summed E-state index contributed by atoms with van der Waals surface area (Å²) in [5, 5.41) is 5.25. The summed E-state index contributed by atoms with van der Waals surface area (Å²) in [6.45, 7) is 3.11. The van der Waals surface area contributed by atoms with E-state index >= 15 is 0 Å². The van der Waals surface area contributed by atoms with E-state index < -0.39 is 0 Å². The molecule has 0 aliphatic carbocycles. The zero-order valence-corrected chi connectivity index (χ0v) is 18.0. The number of amides is 1. The van der Waals surface area contributed by atoms with Gasteiger partial charge in [-0.15, -0.1) is 11.3 Å². The lowest BCUT2D eigenvalue weighted by Gasteiger charge is -2.19. The van der Waals surface area contributed by atoms with E-state index in [0.717, 1.165) is 11.3 Å². The Balaban J connectivity index is 1.46. The largest absolute Gasteiger partial charge is 0.497 e. The summed E-state index contributed by atoms with van der Waals surface area (Å²) in [5.74, 6) is 1.73. The van der Waals surface area contributed by atoms with E-state index in [0.29, 0.717) is 40.6 Å². The number of carbonyl (C=O) groups is 1. The lowest BCUT2D eigenvalue weighted by molar-refractivity contribution is -0.117. The van der Waals surface area contributed by atoms with Gasteiger partial charge in [0.25, 0.3) is 5.56 Å². The van der Waals surface area contributed by atoms with Crippen molar-refractivity contribution in [3.8, 4) is 17.1 Å². The zero-order chi connectivity index (χ0) is 21.8. The van der Waals surface area contributed by atoms with Crippen LogP contribution in [0.4, 0.5) is 5.69 Å². The molecule has 31 heavy (non-hydrogen) atoms. The number of nitrogens with zero attached hydrogens (tertiary/aromatic N) is 2. The lowest BCUT2D eigenvalue weighted by atomic mass is 10.2. The van der Waals surface area contributed by atoms with Crippen molar-refractivity contribution in [3.05, 3.63) is 64.2 Å². The van der Waals surface area contributed by atoms with Crippen molar-refractivity contribution in [1.29, 1.82) is 0 Å². The maximum atomic E-state index is 12.7. The Bertz CT molecular complexity index is 1230. The number of nitrogens with one attached hydrogen (secondary N) is 2. The Labute approximate surface area is 182 Å². The summed E-state index contributed by atoms with van der Waals surface area (Å²) in [4.78, 5) is 35.2. The molecule has 2 N–H and O–H groups in total. The van der Waals surface area contributed by atoms with Gasteiger partial charge < -0.3 is 19.5 Å². The molecule has 0 fully saturated rings. The van der Waals surface area contributed by atoms with Crippen LogP contribution in [0.3, 0.4) is 0 Å². The SMILES string of the molecule is CCN(CC(=O)Nc1ccc(OC)cc1)Cc1nc2scc(-c3ccco3)c2c(=O)[nH]1. The fourth-order valence-electron chi connectivity index (χ4n) is 3.25. The van der Waals surface area contributed by atoms with E-state index in [1.807, 2.05) is 23.3 Å². The number of anilines is 1. The molecule has 9 heteroatoms. The van der Waals surface area contributed by atoms with Gasteiger partial charge in [-0.2, -0.15) is 0 Å². The first kappa shape index (κ1) is 20.8. The van der Waals surface area contributed by atoms with Crippen LogP contribution in [-0.2, 0) is 11.3 Å². The Morgan fingerprint density at radius 3 is 2.77 bits per heavy atom. The normalized spacial score (nSPS) is 11.2. The molecule has 1 aromatic carbocycles. The summed E-state index contributed by atoms with van der Waals surface area (Å²) < 4.78 is 10.5. The van der Waals surface area contributed by atoms with E-state index in [2.05, 4.69) is 15.3 Å². The van der Waals surface area contributed by atoms with Gasteiger partial charge >= 0.3 is 0 Å². The maximum absolute atomic E-state index is 12.7. The second-order valence-corrected chi connectivity index (χ2v) is 7.76. The van der Waals surface area contributed by atoms with Crippen LogP contribution in [-0.4, -0.2) is 41.0 Å². The summed E-state index contributed by atoms with van der Waals surface area (Å²) in [7, 11) is 1.59. The molecule has 1 amide bonds. The summed E-state index contributed by atoms with van der Waals surface area (Å²) in [6.07, 6.45) is 1.57. The number of likely N-dealkylation sites (N-methyl/N-ethyl adjacent to an activating group) is 1. The Hall–Kier alpha value is -3.43. The van der Waals surface area contributed by atoms with Crippen molar-refractivity contribution in [2.24, 2.45) is 0 Å². The molecule has 160 valence electrons. The molecule has 0 unspecified atom stereocenters. The number of hydrogen-bond donors (Lipinski definition) is 2. The molecule has 8 nitrogen and oxygen atoms in total. The molecule has 3 heterocycles. The van der Waals surface area contributed by atoms with Gasteiger partial charge in [-0.25, -0.2) is 4.98 Å².